The number of aromatic nitrogens is 4. The predicted molar refractivity (Wildman–Crippen MR) is 67.4 cm³/mol. The number of aliphatic hydroxyl groups excluding tert-OH is 1. The van der Waals surface area contributed by atoms with E-state index < -0.39 is 0 Å². The summed E-state index contributed by atoms with van der Waals surface area (Å²) in [4.78, 5) is 8.40. The number of nitrogens with zero attached hydrogens (tertiary/aromatic N) is 4. The van der Waals surface area contributed by atoms with E-state index in [0.29, 0.717) is 5.78 Å². The summed E-state index contributed by atoms with van der Waals surface area (Å²) in [6, 6.07) is 1.97. The molecule has 0 saturated heterocycles. The van der Waals surface area contributed by atoms with Crippen molar-refractivity contribution in [2.45, 2.75) is 26.2 Å². The highest BCUT2D eigenvalue weighted by Crippen LogP contribution is 2.48. The summed E-state index contributed by atoms with van der Waals surface area (Å²) in [5.41, 5.74) is 1.20. The maximum absolute atomic E-state index is 9.06. The zero-order valence-electron chi connectivity index (χ0n) is 10.4. The van der Waals surface area contributed by atoms with Crippen LogP contribution in [-0.2, 0) is 0 Å². The van der Waals surface area contributed by atoms with Crippen molar-refractivity contribution in [2.24, 2.45) is 5.41 Å². The van der Waals surface area contributed by atoms with Gasteiger partial charge in [-0.2, -0.15) is 14.6 Å². The second-order valence-electron chi connectivity index (χ2n) is 5.08. The summed E-state index contributed by atoms with van der Waals surface area (Å²) in [6.07, 6.45) is 4.74. The van der Waals surface area contributed by atoms with Crippen LogP contribution >= 0.6 is 0 Å². The fourth-order valence-corrected chi connectivity index (χ4v) is 2.26. The smallest absolute Gasteiger partial charge is 0.254 e. The minimum atomic E-state index is 0.260. The van der Waals surface area contributed by atoms with E-state index in [1.54, 1.807) is 4.52 Å². The molecule has 0 spiro atoms. The van der Waals surface area contributed by atoms with Crippen LogP contribution in [0.5, 0.6) is 0 Å². The van der Waals surface area contributed by atoms with Crippen molar-refractivity contribution >= 4 is 11.6 Å². The van der Waals surface area contributed by atoms with Gasteiger partial charge < -0.3 is 10.4 Å². The fraction of sp³-hybridized carbons (Fsp3) is 0.583. The van der Waals surface area contributed by atoms with Gasteiger partial charge in [0.15, 0.2) is 0 Å². The Bertz CT molecular complexity index is 561. The third-order valence-corrected chi connectivity index (χ3v) is 3.62. The van der Waals surface area contributed by atoms with E-state index in [2.05, 4.69) is 20.4 Å². The first-order chi connectivity index (χ1) is 8.72. The molecule has 6 nitrogen and oxygen atoms in total. The van der Waals surface area contributed by atoms with Crippen molar-refractivity contribution in [3.8, 4) is 0 Å². The first-order valence-corrected chi connectivity index (χ1v) is 6.25. The standard InChI is InChI=1S/C12H17N5O/c1-9-6-10(17-11(16-9)14-8-15-17)13-7-12(2-3-12)4-5-18/h6,8,13,18H,2-5,7H2,1H3. The molecule has 1 saturated carbocycles. The Morgan fingerprint density at radius 1 is 1.50 bits per heavy atom. The van der Waals surface area contributed by atoms with Gasteiger partial charge in [0.2, 0.25) is 0 Å². The molecule has 0 unspecified atom stereocenters. The van der Waals surface area contributed by atoms with Crippen molar-refractivity contribution in [1.29, 1.82) is 0 Å². The molecule has 2 aromatic heterocycles. The highest BCUT2D eigenvalue weighted by molar-refractivity contribution is 5.45. The Labute approximate surface area is 105 Å². The lowest BCUT2D eigenvalue weighted by Gasteiger charge is -2.16. The average molecular weight is 247 g/mol. The Balaban J connectivity index is 1.80. The van der Waals surface area contributed by atoms with Crippen molar-refractivity contribution in [3.05, 3.63) is 18.1 Å². The number of fused-ring (bicyclic) bond motifs is 1. The predicted octanol–water partition coefficient (Wildman–Crippen LogP) is 1.01. The van der Waals surface area contributed by atoms with Crippen molar-refractivity contribution in [3.63, 3.8) is 0 Å². The maximum atomic E-state index is 9.06. The Hall–Kier alpha value is -1.69. The van der Waals surface area contributed by atoms with Crippen LogP contribution in [0.15, 0.2) is 12.4 Å². The van der Waals surface area contributed by atoms with Crippen LogP contribution in [0.2, 0.25) is 0 Å². The van der Waals surface area contributed by atoms with Crippen LogP contribution in [0.1, 0.15) is 25.0 Å². The van der Waals surface area contributed by atoms with Crippen molar-refractivity contribution in [2.75, 3.05) is 18.5 Å². The number of aryl methyl sites for hydroxylation is 1. The molecular weight excluding hydrogens is 230 g/mol. The lowest BCUT2D eigenvalue weighted by atomic mass is 10.0. The molecular formula is C12H17N5O. The van der Waals surface area contributed by atoms with E-state index in [-0.39, 0.29) is 12.0 Å². The van der Waals surface area contributed by atoms with Gasteiger partial charge in [0.25, 0.3) is 5.78 Å². The lowest BCUT2D eigenvalue weighted by molar-refractivity contribution is 0.253. The third-order valence-electron chi connectivity index (χ3n) is 3.62. The van der Waals surface area contributed by atoms with Gasteiger partial charge in [-0.1, -0.05) is 0 Å². The quantitative estimate of drug-likeness (QED) is 0.824. The molecule has 1 aliphatic carbocycles. The van der Waals surface area contributed by atoms with E-state index >= 15 is 0 Å². The van der Waals surface area contributed by atoms with Crippen LogP contribution in [0.3, 0.4) is 0 Å². The van der Waals surface area contributed by atoms with Crippen LogP contribution in [0.25, 0.3) is 5.78 Å². The average Bonchev–Trinajstić information content (AvgIpc) is 2.94. The molecule has 0 aromatic carbocycles. The Morgan fingerprint density at radius 2 is 2.33 bits per heavy atom. The van der Waals surface area contributed by atoms with Gasteiger partial charge in [0.05, 0.1) is 0 Å². The topological polar surface area (TPSA) is 75.3 Å². The van der Waals surface area contributed by atoms with Crippen LogP contribution < -0.4 is 5.32 Å². The molecule has 6 heteroatoms. The van der Waals surface area contributed by atoms with Gasteiger partial charge in [-0.3, -0.25) is 0 Å². The molecule has 18 heavy (non-hydrogen) atoms. The molecule has 0 amide bonds. The van der Waals surface area contributed by atoms with Crippen LogP contribution in [-0.4, -0.2) is 37.8 Å². The van der Waals surface area contributed by atoms with Gasteiger partial charge in [-0.25, -0.2) is 4.98 Å². The minimum Gasteiger partial charge on any atom is -0.396 e. The summed E-state index contributed by atoms with van der Waals surface area (Å²) in [5.74, 6) is 1.53. The molecule has 0 bridgehead atoms. The number of rotatable bonds is 5. The minimum absolute atomic E-state index is 0.260. The van der Waals surface area contributed by atoms with Crippen LogP contribution in [0.4, 0.5) is 5.82 Å². The zero-order valence-corrected chi connectivity index (χ0v) is 10.4. The molecule has 1 fully saturated rings. The first-order valence-electron chi connectivity index (χ1n) is 6.25. The van der Waals surface area contributed by atoms with E-state index in [1.165, 1.54) is 19.2 Å². The molecule has 0 aliphatic heterocycles. The van der Waals surface area contributed by atoms with Gasteiger partial charge in [0, 0.05) is 24.9 Å². The molecule has 2 heterocycles. The van der Waals surface area contributed by atoms with E-state index in [4.69, 9.17) is 5.11 Å². The molecule has 96 valence electrons. The van der Waals surface area contributed by atoms with Gasteiger partial charge in [-0.05, 0) is 31.6 Å². The molecule has 1 aliphatic rings. The van der Waals surface area contributed by atoms with E-state index in [1.807, 2.05) is 13.0 Å². The van der Waals surface area contributed by atoms with Gasteiger partial charge >= 0.3 is 0 Å². The van der Waals surface area contributed by atoms with Gasteiger partial charge in [-0.15, -0.1) is 0 Å². The molecule has 2 N–H and O–H groups in total. The second-order valence-corrected chi connectivity index (χ2v) is 5.08. The van der Waals surface area contributed by atoms with Crippen molar-refractivity contribution in [1.82, 2.24) is 19.6 Å². The number of hydrogen-bond acceptors (Lipinski definition) is 5. The van der Waals surface area contributed by atoms with E-state index in [0.717, 1.165) is 24.5 Å². The summed E-state index contributed by atoms with van der Waals surface area (Å²) in [5, 5.41) is 16.6. The number of aliphatic hydroxyl groups is 1. The zero-order chi connectivity index (χ0) is 12.6. The number of anilines is 1. The molecule has 3 rings (SSSR count). The molecule has 0 radical (unpaired) electrons. The molecule has 2 aromatic rings. The third kappa shape index (κ3) is 2.03. The van der Waals surface area contributed by atoms with Crippen LogP contribution in [0, 0.1) is 12.3 Å². The Kier molecular flexibility index (Phi) is 2.66. The Morgan fingerprint density at radius 3 is 3.06 bits per heavy atom. The monoisotopic (exact) mass is 247 g/mol. The van der Waals surface area contributed by atoms with E-state index in [9.17, 15) is 0 Å². The largest absolute Gasteiger partial charge is 0.396 e. The maximum Gasteiger partial charge on any atom is 0.254 e. The SMILES string of the molecule is Cc1cc(NCC2(CCO)CC2)n2ncnc2n1. The number of hydrogen-bond donors (Lipinski definition) is 2. The molecule has 0 atom stereocenters. The fourth-order valence-electron chi connectivity index (χ4n) is 2.26. The highest BCUT2D eigenvalue weighted by Gasteiger charge is 2.41. The summed E-state index contributed by atoms with van der Waals surface area (Å²) >= 11 is 0. The van der Waals surface area contributed by atoms with Crippen molar-refractivity contribution < 1.29 is 5.11 Å². The summed E-state index contributed by atoms with van der Waals surface area (Å²) in [7, 11) is 0. The summed E-state index contributed by atoms with van der Waals surface area (Å²) in [6.45, 7) is 3.07. The van der Waals surface area contributed by atoms with Gasteiger partial charge in [0.1, 0.15) is 12.1 Å². The first kappa shape index (κ1) is 11.4. The summed E-state index contributed by atoms with van der Waals surface area (Å²) < 4.78 is 1.71. The highest BCUT2D eigenvalue weighted by atomic mass is 16.3. The second kappa shape index (κ2) is 4.20. The normalized spacial score (nSPS) is 17.0. The lowest BCUT2D eigenvalue weighted by Crippen LogP contribution is -2.18. The number of nitrogens with one attached hydrogen (secondary N) is 1.